The van der Waals surface area contributed by atoms with Crippen LogP contribution in [0.25, 0.3) is 0 Å². The molecule has 116 valence electrons. The van der Waals surface area contributed by atoms with Gasteiger partial charge in [-0.1, -0.05) is 12.1 Å². The molecule has 0 aromatic heterocycles. The van der Waals surface area contributed by atoms with Crippen molar-refractivity contribution in [2.75, 3.05) is 0 Å². The Balaban J connectivity index is 2.18. The van der Waals surface area contributed by atoms with Crippen molar-refractivity contribution in [3.8, 4) is 0 Å². The van der Waals surface area contributed by atoms with Gasteiger partial charge in [0.05, 0.1) is 0 Å². The summed E-state index contributed by atoms with van der Waals surface area (Å²) in [6.07, 6.45) is -1.27. The monoisotopic (exact) mass is 318 g/mol. The molecule has 0 atom stereocenters. The molecule has 0 unspecified atom stereocenters. The van der Waals surface area contributed by atoms with Crippen LogP contribution in [0.2, 0.25) is 0 Å². The smallest absolute Gasteiger partial charge is 0.194 e. The molecule has 0 aliphatic carbocycles. The summed E-state index contributed by atoms with van der Waals surface area (Å²) in [5.41, 5.74) is -0.821. The third kappa shape index (κ3) is 3.13. The zero-order valence-corrected chi connectivity index (χ0v) is 10.9. The first kappa shape index (κ1) is 16.1. The van der Waals surface area contributed by atoms with Crippen LogP contribution < -0.4 is 0 Å². The SMILES string of the molecule is O=C(Cc1ccc(F)c(F)c1F)Cc1ccc(F)c(F)c1F. The Morgan fingerprint density at radius 1 is 0.636 bits per heavy atom. The quantitative estimate of drug-likeness (QED) is 0.618. The van der Waals surface area contributed by atoms with Gasteiger partial charge in [0.15, 0.2) is 34.9 Å². The average molecular weight is 318 g/mol. The van der Waals surface area contributed by atoms with Crippen LogP contribution in [-0.2, 0) is 17.6 Å². The minimum Gasteiger partial charge on any atom is -0.299 e. The van der Waals surface area contributed by atoms with Crippen LogP contribution in [0, 0.1) is 34.9 Å². The Labute approximate surface area is 121 Å². The summed E-state index contributed by atoms with van der Waals surface area (Å²) in [5, 5.41) is 0. The number of carbonyl (C=O) groups excluding carboxylic acids is 1. The first-order chi connectivity index (χ1) is 10.3. The molecule has 7 heteroatoms. The van der Waals surface area contributed by atoms with Crippen LogP contribution >= 0.6 is 0 Å². The number of benzene rings is 2. The maximum absolute atomic E-state index is 13.4. The Bertz CT molecular complexity index is 680. The van der Waals surface area contributed by atoms with Crippen LogP contribution in [0.5, 0.6) is 0 Å². The second-order valence-corrected chi connectivity index (χ2v) is 4.56. The molecule has 0 amide bonds. The predicted molar refractivity (Wildman–Crippen MR) is 65.0 cm³/mol. The molecule has 22 heavy (non-hydrogen) atoms. The highest BCUT2D eigenvalue weighted by Crippen LogP contribution is 2.19. The molecule has 2 aromatic carbocycles. The van der Waals surface area contributed by atoms with Crippen molar-refractivity contribution in [2.45, 2.75) is 12.8 Å². The molecule has 0 fully saturated rings. The second-order valence-electron chi connectivity index (χ2n) is 4.56. The zero-order chi connectivity index (χ0) is 16.4. The van der Waals surface area contributed by atoms with Crippen molar-refractivity contribution in [1.82, 2.24) is 0 Å². The van der Waals surface area contributed by atoms with E-state index in [-0.39, 0.29) is 0 Å². The summed E-state index contributed by atoms with van der Waals surface area (Å²) in [7, 11) is 0. The van der Waals surface area contributed by atoms with Crippen LogP contribution in [-0.4, -0.2) is 5.78 Å². The van der Waals surface area contributed by atoms with Crippen molar-refractivity contribution < 1.29 is 31.1 Å². The van der Waals surface area contributed by atoms with Gasteiger partial charge < -0.3 is 0 Å². The van der Waals surface area contributed by atoms with E-state index in [2.05, 4.69) is 0 Å². The van der Waals surface area contributed by atoms with Gasteiger partial charge in [-0.15, -0.1) is 0 Å². The summed E-state index contributed by atoms with van der Waals surface area (Å²) in [6.45, 7) is 0. The molecule has 0 aliphatic rings. The van der Waals surface area contributed by atoms with Crippen LogP contribution in [0.4, 0.5) is 26.3 Å². The number of hydrogen-bond donors (Lipinski definition) is 0. The summed E-state index contributed by atoms with van der Waals surface area (Å²) >= 11 is 0. The minimum absolute atomic E-state index is 0.410. The minimum atomic E-state index is -1.72. The van der Waals surface area contributed by atoms with E-state index in [1.807, 2.05) is 0 Å². The van der Waals surface area contributed by atoms with E-state index in [9.17, 15) is 31.1 Å². The van der Waals surface area contributed by atoms with Crippen molar-refractivity contribution >= 4 is 5.78 Å². The average Bonchev–Trinajstić information content (AvgIpc) is 2.48. The van der Waals surface area contributed by atoms with Crippen LogP contribution in [0.1, 0.15) is 11.1 Å². The van der Waals surface area contributed by atoms with Crippen molar-refractivity contribution in [2.24, 2.45) is 0 Å². The van der Waals surface area contributed by atoms with Crippen LogP contribution in [0.15, 0.2) is 24.3 Å². The van der Waals surface area contributed by atoms with Gasteiger partial charge in [-0.2, -0.15) is 0 Å². The summed E-state index contributed by atoms with van der Waals surface area (Å²) < 4.78 is 78.4. The Morgan fingerprint density at radius 3 is 1.36 bits per heavy atom. The Morgan fingerprint density at radius 2 is 1.00 bits per heavy atom. The Kier molecular flexibility index (Phi) is 4.54. The third-order valence-corrected chi connectivity index (χ3v) is 3.01. The number of Topliss-reactive ketones (excluding diaryl/α,β-unsaturated/α-hetero) is 1. The number of ketones is 1. The van der Waals surface area contributed by atoms with Gasteiger partial charge in [0.2, 0.25) is 0 Å². The molecule has 0 radical (unpaired) electrons. The topological polar surface area (TPSA) is 17.1 Å². The molecule has 0 aliphatic heterocycles. The fourth-order valence-electron chi connectivity index (χ4n) is 1.89. The first-order valence-electron chi connectivity index (χ1n) is 6.07. The van der Waals surface area contributed by atoms with Gasteiger partial charge >= 0.3 is 0 Å². The van der Waals surface area contributed by atoms with Gasteiger partial charge in [0, 0.05) is 12.8 Å². The molecule has 2 aromatic rings. The molecule has 0 spiro atoms. The van der Waals surface area contributed by atoms with E-state index in [1.165, 1.54) is 0 Å². The lowest BCUT2D eigenvalue weighted by atomic mass is 10.0. The van der Waals surface area contributed by atoms with Gasteiger partial charge in [-0.25, -0.2) is 26.3 Å². The number of hydrogen-bond acceptors (Lipinski definition) is 1. The molecule has 0 saturated heterocycles. The highest BCUT2D eigenvalue weighted by atomic mass is 19.2. The van der Waals surface area contributed by atoms with Crippen molar-refractivity contribution in [1.29, 1.82) is 0 Å². The van der Waals surface area contributed by atoms with Crippen molar-refractivity contribution in [3.63, 3.8) is 0 Å². The highest BCUT2D eigenvalue weighted by Gasteiger charge is 2.19. The summed E-state index contributed by atoms with van der Waals surface area (Å²) in [4.78, 5) is 11.7. The summed E-state index contributed by atoms with van der Waals surface area (Å²) in [6, 6.07) is 3.07. The van der Waals surface area contributed by atoms with Gasteiger partial charge in [0.25, 0.3) is 0 Å². The molecule has 2 rings (SSSR count). The number of halogens is 6. The molecule has 0 N–H and O–H groups in total. The molecular formula is C15H8F6O. The maximum atomic E-state index is 13.4. The van der Waals surface area contributed by atoms with Gasteiger partial charge in [-0.05, 0) is 23.3 Å². The van der Waals surface area contributed by atoms with E-state index >= 15 is 0 Å². The number of carbonyl (C=O) groups is 1. The zero-order valence-electron chi connectivity index (χ0n) is 10.9. The second kappa shape index (κ2) is 6.21. The molecule has 0 bridgehead atoms. The van der Waals surface area contributed by atoms with Gasteiger partial charge in [0.1, 0.15) is 5.78 Å². The van der Waals surface area contributed by atoms with E-state index < -0.39 is 64.7 Å². The van der Waals surface area contributed by atoms with E-state index in [1.54, 1.807) is 0 Å². The Hall–Kier alpha value is -2.31. The van der Waals surface area contributed by atoms with Crippen molar-refractivity contribution in [3.05, 3.63) is 70.3 Å². The fraction of sp³-hybridized carbons (Fsp3) is 0.133. The van der Waals surface area contributed by atoms with Gasteiger partial charge in [-0.3, -0.25) is 4.79 Å². The highest BCUT2D eigenvalue weighted by molar-refractivity contribution is 5.83. The maximum Gasteiger partial charge on any atom is 0.194 e. The standard InChI is InChI=1S/C15H8F6O/c16-10-3-1-7(12(18)14(10)20)5-9(22)6-8-2-4-11(17)15(21)13(8)19/h1-4H,5-6H2. The molecule has 0 heterocycles. The molecule has 0 saturated carbocycles. The normalized spacial score (nSPS) is 10.8. The third-order valence-electron chi connectivity index (χ3n) is 3.01. The van der Waals surface area contributed by atoms with E-state index in [0.29, 0.717) is 12.1 Å². The van der Waals surface area contributed by atoms with E-state index in [4.69, 9.17) is 0 Å². The lowest BCUT2D eigenvalue weighted by Crippen LogP contribution is -2.11. The molecule has 1 nitrogen and oxygen atoms in total. The lowest BCUT2D eigenvalue weighted by molar-refractivity contribution is -0.117. The van der Waals surface area contributed by atoms with E-state index in [0.717, 1.165) is 12.1 Å². The lowest BCUT2D eigenvalue weighted by Gasteiger charge is -2.06. The summed E-state index contributed by atoms with van der Waals surface area (Å²) in [5.74, 6) is -10.0. The number of rotatable bonds is 4. The molecular weight excluding hydrogens is 310 g/mol. The largest absolute Gasteiger partial charge is 0.299 e. The predicted octanol–water partition coefficient (Wildman–Crippen LogP) is 3.88. The van der Waals surface area contributed by atoms with Crippen LogP contribution in [0.3, 0.4) is 0 Å². The fourth-order valence-corrected chi connectivity index (χ4v) is 1.89. The first-order valence-corrected chi connectivity index (χ1v) is 6.07.